The van der Waals surface area contributed by atoms with E-state index in [2.05, 4.69) is 10.2 Å². The van der Waals surface area contributed by atoms with Gasteiger partial charge in [0.2, 0.25) is 10.0 Å². The van der Waals surface area contributed by atoms with Crippen LogP contribution in [0, 0.1) is 6.92 Å². The zero-order chi connectivity index (χ0) is 21.0. The predicted molar refractivity (Wildman–Crippen MR) is 116 cm³/mol. The first-order valence-electron chi connectivity index (χ1n) is 9.72. The summed E-state index contributed by atoms with van der Waals surface area (Å²) in [4.78, 5) is 14.6. The van der Waals surface area contributed by atoms with Gasteiger partial charge in [-0.05, 0) is 49.2 Å². The van der Waals surface area contributed by atoms with Gasteiger partial charge in [-0.1, -0.05) is 30.7 Å². The molecule has 1 fully saturated rings. The molecule has 0 atom stereocenters. The lowest BCUT2D eigenvalue weighted by Gasteiger charge is -2.35. The monoisotopic (exact) mass is 435 g/mol. The Hall–Kier alpha value is -2.09. The van der Waals surface area contributed by atoms with Crippen LogP contribution in [0.2, 0.25) is 5.02 Å². The van der Waals surface area contributed by atoms with E-state index in [1.807, 2.05) is 31.2 Å². The quantitative estimate of drug-likeness (QED) is 0.755. The molecule has 0 spiro atoms. The maximum absolute atomic E-state index is 13.1. The van der Waals surface area contributed by atoms with Crippen LogP contribution in [0.15, 0.2) is 47.4 Å². The molecule has 0 aromatic heterocycles. The van der Waals surface area contributed by atoms with Gasteiger partial charge >= 0.3 is 0 Å². The van der Waals surface area contributed by atoms with Crippen molar-refractivity contribution in [2.75, 3.05) is 37.6 Å². The number of hydrogen-bond acceptors (Lipinski definition) is 4. The number of rotatable bonds is 6. The summed E-state index contributed by atoms with van der Waals surface area (Å²) >= 11 is 6.06. The predicted octanol–water partition coefficient (Wildman–Crippen LogP) is 3.30. The molecule has 1 amide bonds. The van der Waals surface area contributed by atoms with Crippen LogP contribution >= 0.6 is 11.6 Å². The lowest BCUT2D eigenvalue weighted by molar-refractivity contribution is 0.0953. The van der Waals surface area contributed by atoms with E-state index in [-0.39, 0.29) is 10.8 Å². The summed E-state index contributed by atoms with van der Waals surface area (Å²) in [5.74, 6) is -0.243. The van der Waals surface area contributed by atoms with Crippen molar-refractivity contribution in [3.05, 3.63) is 58.6 Å². The molecule has 0 bridgehead atoms. The Morgan fingerprint density at radius 1 is 1.10 bits per heavy atom. The number of sulfonamides is 1. The third kappa shape index (κ3) is 4.91. The Labute approximate surface area is 177 Å². The number of piperazine rings is 1. The highest BCUT2D eigenvalue weighted by Gasteiger charge is 2.29. The number of carbonyl (C=O) groups excluding carboxylic acids is 1. The molecule has 1 N–H and O–H groups in total. The van der Waals surface area contributed by atoms with E-state index >= 15 is 0 Å². The van der Waals surface area contributed by atoms with E-state index in [0.29, 0.717) is 43.3 Å². The largest absolute Gasteiger partial charge is 0.369 e. The average Bonchev–Trinajstić information content (AvgIpc) is 2.72. The molecule has 0 saturated carbocycles. The molecule has 0 radical (unpaired) electrons. The Balaban J connectivity index is 1.75. The van der Waals surface area contributed by atoms with Gasteiger partial charge in [-0.3, -0.25) is 4.79 Å². The van der Waals surface area contributed by atoms with Crippen LogP contribution in [-0.4, -0.2) is 51.4 Å². The van der Waals surface area contributed by atoms with Crippen LogP contribution < -0.4 is 10.2 Å². The maximum atomic E-state index is 13.1. The van der Waals surface area contributed by atoms with Gasteiger partial charge in [0.15, 0.2) is 0 Å². The van der Waals surface area contributed by atoms with Gasteiger partial charge < -0.3 is 10.2 Å². The number of nitrogens with one attached hydrogen (secondary N) is 1. The SMILES string of the molecule is CCCNC(=O)c1cc(S(=O)(=O)N2CCN(c3cccc(Cl)c3)CC2)ccc1C. The molecule has 1 aliphatic heterocycles. The Kier molecular flexibility index (Phi) is 6.82. The standard InChI is InChI=1S/C21H26ClN3O3S/c1-3-9-23-21(26)20-15-19(8-7-16(20)2)29(27,28)25-12-10-24(11-13-25)18-6-4-5-17(22)14-18/h4-8,14-15H,3,9-13H2,1-2H3,(H,23,26). The minimum absolute atomic E-state index is 0.154. The minimum Gasteiger partial charge on any atom is -0.369 e. The fourth-order valence-corrected chi connectivity index (χ4v) is 4.98. The average molecular weight is 436 g/mol. The lowest BCUT2D eigenvalue weighted by atomic mass is 10.1. The summed E-state index contributed by atoms with van der Waals surface area (Å²) in [6.45, 7) is 6.24. The first-order chi connectivity index (χ1) is 13.8. The highest BCUT2D eigenvalue weighted by molar-refractivity contribution is 7.89. The summed E-state index contributed by atoms with van der Waals surface area (Å²) in [7, 11) is -3.67. The van der Waals surface area contributed by atoms with Crippen LogP contribution in [0.4, 0.5) is 5.69 Å². The number of halogens is 1. The third-order valence-electron chi connectivity index (χ3n) is 5.04. The second kappa shape index (κ2) is 9.15. The van der Waals surface area contributed by atoms with E-state index in [9.17, 15) is 13.2 Å². The Bertz CT molecular complexity index is 986. The van der Waals surface area contributed by atoms with Crippen molar-refractivity contribution < 1.29 is 13.2 Å². The molecule has 8 heteroatoms. The van der Waals surface area contributed by atoms with Crippen LogP contribution in [0.25, 0.3) is 0 Å². The molecule has 3 rings (SSSR count). The van der Waals surface area contributed by atoms with Gasteiger partial charge in [0.05, 0.1) is 4.90 Å². The molecule has 0 aliphatic carbocycles. The van der Waals surface area contributed by atoms with Gasteiger partial charge in [-0.2, -0.15) is 4.31 Å². The molecule has 156 valence electrons. The molecule has 1 saturated heterocycles. The molecular weight excluding hydrogens is 410 g/mol. The molecule has 1 aliphatic rings. The van der Waals surface area contributed by atoms with Gasteiger partial charge in [0.25, 0.3) is 5.91 Å². The summed E-state index contributed by atoms with van der Waals surface area (Å²) in [5.41, 5.74) is 2.14. The Morgan fingerprint density at radius 2 is 1.83 bits per heavy atom. The first-order valence-corrected chi connectivity index (χ1v) is 11.5. The number of amides is 1. The molecule has 1 heterocycles. The van der Waals surface area contributed by atoms with Crippen molar-refractivity contribution in [1.82, 2.24) is 9.62 Å². The fourth-order valence-electron chi connectivity index (χ4n) is 3.35. The van der Waals surface area contributed by atoms with Crippen LogP contribution in [0.1, 0.15) is 29.3 Å². The van der Waals surface area contributed by atoms with Gasteiger partial charge in [-0.15, -0.1) is 0 Å². The number of nitrogens with zero attached hydrogens (tertiary/aromatic N) is 2. The summed E-state index contributed by atoms with van der Waals surface area (Å²) in [6.07, 6.45) is 0.819. The van der Waals surface area contributed by atoms with E-state index in [1.54, 1.807) is 19.1 Å². The number of anilines is 1. The molecule has 6 nitrogen and oxygen atoms in total. The topological polar surface area (TPSA) is 69.7 Å². The maximum Gasteiger partial charge on any atom is 0.251 e. The fraction of sp³-hybridized carbons (Fsp3) is 0.381. The summed E-state index contributed by atoms with van der Waals surface area (Å²) in [6, 6.07) is 12.3. The van der Waals surface area contributed by atoms with Crippen molar-refractivity contribution in [2.45, 2.75) is 25.2 Å². The number of benzene rings is 2. The summed E-state index contributed by atoms with van der Waals surface area (Å²) in [5, 5.41) is 3.47. The van der Waals surface area contributed by atoms with Crippen LogP contribution in [-0.2, 0) is 10.0 Å². The van der Waals surface area contributed by atoms with Gasteiger partial charge in [0, 0.05) is 49.0 Å². The van der Waals surface area contributed by atoms with Crippen molar-refractivity contribution in [1.29, 1.82) is 0 Å². The zero-order valence-electron chi connectivity index (χ0n) is 16.7. The zero-order valence-corrected chi connectivity index (χ0v) is 18.3. The molecule has 2 aromatic rings. The van der Waals surface area contributed by atoms with Crippen molar-refractivity contribution in [3.8, 4) is 0 Å². The third-order valence-corrected chi connectivity index (χ3v) is 7.17. The van der Waals surface area contributed by atoms with Crippen molar-refractivity contribution in [2.24, 2.45) is 0 Å². The van der Waals surface area contributed by atoms with E-state index < -0.39 is 10.0 Å². The Morgan fingerprint density at radius 3 is 2.48 bits per heavy atom. The normalized spacial score (nSPS) is 15.3. The number of aryl methyl sites for hydroxylation is 1. The van der Waals surface area contributed by atoms with E-state index in [0.717, 1.165) is 17.7 Å². The smallest absolute Gasteiger partial charge is 0.251 e. The van der Waals surface area contributed by atoms with Gasteiger partial charge in [0.1, 0.15) is 0 Å². The number of carbonyl (C=O) groups is 1. The van der Waals surface area contributed by atoms with E-state index in [4.69, 9.17) is 11.6 Å². The first kappa shape index (κ1) is 21.6. The van der Waals surface area contributed by atoms with Crippen molar-refractivity contribution in [3.63, 3.8) is 0 Å². The number of hydrogen-bond donors (Lipinski definition) is 1. The van der Waals surface area contributed by atoms with Gasteiger partial charge in [-0.25, -0.2) is 8.42 Å². The highest BCUT2D eigenvalue weighted by Crippen LogP contribution is 2.24. The molecular formula is C21H26ClN3O3S. The second-order valence-electron chi connectivity index (χ2n) is 7.10. The molecule has 0 unspecified atom stereocenters. The minimum atomic E-state index is -3.67. The van der Waals surface area contributed by atoms with E-state index in [1.165, 1.54) is 10.4 Å². The summed E-state index contributed by atoms with van der Waals surface area (Å²) < 4.78 is 27.8. The molecule has 29 heavy (non-hydrogen) atoms. The van der Waals surface area contributed by atoms with Crippen LogP contribution in [0.3, 0.4) is 0 Å². The van der Waals surface area contributed by atoms with Crippen LogP contribution in [0.5, 0.6) is 0 Å². The second-order valence-corrected chi connectivity index (χ2v) is 9.48. The lowest BCUT2D eigenvalue weighted by Crippen LogP contribution is -2.48. The van der Waals surface area contributed by atoms with Crippen molar-refractivity contribution >= 4 is 33.2 Å². The highest BCUT2D eigenvalue weighted by atomic mass is 35.5. The molecule has 2 aromatic carbocycles.